The van der Waals surface area contributed by atoms with Crippen LogP contribution in [0.5, 0.6) is 0 Å². The molecule has 0 bridgehead atoms. The highest BCUT2D eigenvalue weighted by Crippen LogP contribution is 2.36. The molecular weight excluding hydrogens is 695 g/mol. The fraction of sp³-hybridized carbons (Fsp3) is 0.675. The van der Waals surface area contributed by atoms with Crippen LogP contribution in [0.2, 0.25) is 0 Å². The third-order valence-electron chi connectivity index (χ3n) is 11.4. The Balaban J connectivity index is 1.64. The quantitative estimate of drug-likeness (QED) is 0.155. The monoisotopic (exact) mass is 755 g/mol. The first-order valence-electron chi connectivity index (χ1n) is 19.3. The summed E-state index contributed by atoms with van der Waals surface area (Å²) in [6, 6.07) is 4.31. The maximum Gasteiger partial charge on any atom is 0.315 e. The van der Waals surface area contributed by atoms with E-state index in [1.807, 2.05) is 45.0 Å². The molecule has 13 heteroatoms. The van der Waals surface area contributed by atoms with Crippen molar-refractivity contribution >= 4 is 39.4 Å². The summed E-state index contributed by atoms with van der Waals surface area (Å²) in [6.45, 7) is 14.8. The molecule has 1 aromatic rings. The lowest BCUT2D eigenvalue weighted by molar-refractivity contribution is -0.144. The van der Waals surface area contributed by atoms with Crippen molar-refractivity contribution in [2.24, 2.45) is 17.8 Å². The molecule has 3 aliphatic rings. The zero-order chi connectivity index (χ0) is 39.1. The number of nitrogens with one attached hydrogen (secondary N) is 4. The lowest BCUT2D eigenvalue weighted by Crippen LogP contribution is -2.63. The van der Waals surface area contributed by atoms with E-state index in [2.05, 4.69) is 27.8 Å². The fourth-order valence-corrected chi connectivity index (χ4v) is 9.76. The highest BCUT2D eigenvalue weighted by atomic mass is 32.2. The predicted molar refractivity (Wildman–Crippen MR) is 206 cm³/mol. The largest absolute Gasteiger partial charge is 0.346 e. The van der Waals surface area contributed by atoms with Gasteiger partial charge in [-0.2, -0.15) is 0 Å². The van der Waals surface area contributed by atoms with Gasteiger partial charge >= 0.3 is 6.03 Å². The van der Waals surface area contributed by atoms with E-state index >= 15 is 0 Å². The smallest absolute Gasteiger partial charge is 0.315 e. The summed E-state index contributed by atoms with van der Waals surface area (Å²) in [5, 5.41) is 11.4. The van der Waals surface area contributed by atoms with Gasteiger partial charge in [-0.05, 0) is 88.2 Å². The van der Waals surface area contributed by atoms with Crippen molar-refractivity contribution in [3.8, 4) is 0 Å². The second-order valence-electron chi connectivity index (χ2n) is 16.6. The SMILES string of the molecule is C=CCNC(=O)C(=O)C(CCC)NC(=O)[C@@H]1[C@@H](C(C)C)CCN1C(=O)[C@@H](NC(=O)NC1(CS(=O)(=O)C(C)(C)C)CCCCC1)C1Cc2ccccc2C1. The molecule has 1 aliphatic heterocycles. The van der Waals surface area contributed by atoms with Crippen molar-refractivity contribution in [1.82, 2.24) is 26.2 Å². The molecule has 12 nitrogen and oxygen atoms in total. The molecule has 2 fully saturated rings. The van der Waals surface area contributed by atoms with Crippen LogP contribution in [0.25, 0.3) is 0 Å². The van der Waals surface area contributed by atoms with Crippen molar-refractivity contribution in [3.63, 3.8) is 0 Å². The second-order valence-corrected chi connectivity index (χ2v) is 19.4. The van der Waals surface area contributed by atoms with E-state index in [-0.39, 0.29) is 43.0 Å². The van der Waals surface area contributed by atoms with Crippen LogP contribution < -0.4 is 21.3 Å². The predicted octanol–water partition coefficient (Wildman–Crippen LogP) is 4.01. The lowest BCUT2D eigenvalue weighted by Gasteiger charge is -2.40. The molecule has 1 unspecified atom stereocenters. The van der Waals surface area contributed by atoms with Gasteiger partial charge < -0.3 is 26.2 Å². The van der Waals surface area contributed by atoms with Gasteiger partial charge in [-0.15, -0.1) is 6.58 Å². The number of hydrogen-bond acceptors (Lipinski definition) is 7. The minimum absolute atomic E-state index is 0.0149. The van der Waals surface area contributed by atoms with E-state index < -0.39 is 67.8 Å². The molecule has 4 N–H and O–H groups in total. The van der Waals surface area contributed by atoms with E-state index in [0.717, 1.165) is 30.4 Å². The molecule has 53 heavy (non-hydrogen) atoms. The third kappa shape index (κ3) is 10.1. The summed E-state index contributed by atoms with van der Waals surface area (Å²) < 4.78 is 25.9. The average Bonchev–Trinajstić information content (AvgIpc) is 3.74. The number of urea groups is 1. The summed E-state index contributed by atoms with van der Waals surface area (Å²) in [5.74, 6) is -3.20. The van der Waals surface area contributed by atoms with Crippen LogP contribution in [0.3, 0.4) is 0 Å². The molecule has 1 aromatic carbocycles. The van der Waals surface area contributed by atoms with Gasteiger partial charge in [0.1, 0.15) is 12.1 Å². The Kier molecular flexibility index (Phi) is 13.9. The van der Waals surface area contributed by atoms with Gasteiger partial charge in [-0.1, -0.05) is 76.8 Å². The van der Waals surface area contributed by atoms with Crippen molar-refractivity contribution in [3.05, 3.63) is 48.0 Å². The molecule has 0 aromatic heterocycles. The molecule has 0 radical (unpaired) electrons. The Morgan fingerprint density at radius 3 is 2.17 bits per heavy atom. The number of rotatable bonds is 15. The van der Waals surface area contributed by atoms with Gasteiger partial charge in [0.05, 0.1) is 22.1 Å². The van der Waals surface area contributed by atoms with Crippen LogP contribution in [0.15, 0.2) is 36.9 Å². The zero-order valence-corrected chi connectivity index (χ0v) is 33.3. The lowest BCUT2D eigenvalue weighted by atomic mass is 9.83. The molecule has 4 rings (SSSR count). The highest BCUT2D eigenvalue weighted by Gasteiger charge is 2.48. The number of nitrogens with zero attached hydrogens (tertiary/aromatic N) is 1. The number of amides is 5. The van der Waals surface area contributed by atoms with Crippen LogP contribution in [-0.2, 0) is 41.9 Å². The Hall–Kier alpha value is -3.74. The number of carbonyl (C=O) groups excluding carboxylic acids is 5. The van der Waals surface area contributed by atoms with Crippen LogP contribution in [0.4, 0.5) is 4.79 Å². The van der Waals surface area contributed by atoms with Gasteiger partial charge in [0.25, 0.3) is 5.91 Å². The van der Waals surface area contributed by atoms with Crippen molar-refractivity contribution < 1.29 is 32.4 Å². The first-order chi connectivity index (χ1) is 24.9. The number of ketones is 1. The minimum atomic E-state index is -3.59. The van der Waals surface area contributed by atoms with E-state index in [1.54, 1.807) is 25.7 Å². The van der Waals surface area contributed by atoms with Crippen molar-refractivity contribution in [2.45, 2.75) is 134 Å². The second kappa shape index (κ2) is 17.6. The van der Waals surface area contributed by atoms with Gasteiger partial charge in [-0.3, -0.25) is 19.2 Å². The number of carbonyl (C=O) groups is 5. The fourth-order valence-electron chi connectivity index (χ4n) is 8.24. The van der Waals surface area contributed by atoms with E-state index in [1.165, 1.54) is 6.08 Å². The summed E-state index contributed by atoms with van der Waals surface area (Å²) in [4.78, 5) is 70.4. The van der Waals surface area contributed by atoms with Gasteiger partial charge in [0.2, 0.25) is 17.6 Å². The number of Topliss-reactive ketones (excluding diaryl/α,β-unsaturated/α-hetero) is 1. The standard InChI is InChI=1S/C40H61N5O7S/c1-8-15-31(34(46)36(48)41-21-9-2)42-35(47)33-30(26(3)4)18-22-45(33)37(49)32(29-23-27-16-11-12-17-28(27)24-29)43-38(50)44-40(19-13-10-14-20-40)25-53(51,52)39(5,6)7/h9,11-12,16-17,26,29-33H,2,8,10,13-15,18-25H2,1,3-7H3,(H,41,48)(H,42,47)(H2,43,44,50)/t30-,31?,32+,33+/m1/s1. The molecule has 1 saturated heterocycles. The van der Waals surface area contributed by atoms with E-state index in [9.17, 15) is 32.4 Å². The number of hydrogen-bond donors (Lipinski definition) is 4. The minimum Gasteiger partial charge on any atom is -0.346 e. The Labute approximate surface area is 316 Å². The summed E-state index contributed by atoms with van der Waals surface area (Å²) >= 11 is 0. The zero-order valence-electron chi connectivity index (χ0n) is 32.5. The van der Waals surface area contributed by atoms with E-state index in [0.29, 0.717) is 38.5 Å². The average molecular weight is 756 g/mol. The number of sulfone groups is 1. The Morgan fingerprint density at radius 1 is 1.00 bits per heavy atom. The molecular formula is C40H61N5O7S. The molecule has 2 aliphatic carbocycles. The summed E-state index contributed by atoms with van der Waals surface area (Å²) in [7, 11) is -3.59. The number of benzene rings is 1. The van der Waals surface area contributed by atoms with Crippen LogP contribution in [-0.4, -0.2) is 90.1 Å². The molecule has 1 heterocycles. The van der Waals surface area contributed by atoms with E-state index in [4.69, 9.17) is 0 Å². The normalized spacial score (nSPS) is 21.3. The third-order valence-corrected chi connectivity index (χ3v) is 14.2. The molecule has 1 saturated carbocycles. The van der Waals surface area contributed by atoms with Gasteiger partial charge in [-0.25, -0.2) is 13.2 Å². The summed E-state index contributed by atoms with van der Waals surface area (Å²) in [6.07, 6.45) is 7.40. The summed E-state index contributed by atoms with van der Waals surface area (Å²) in [5.41, 5.74) is 1.20. The molecule has 5 amide bonds. The maximum absolute atomic E-state index is 14.9. The first kappa shape index (κ1) is 42.0. The van der Waals surface area contributed by atoms with Gasteiger partial charge in [0, 0.05) is 13.1 Å². The van der Waals surface area contributed by atoms with Crippen LogP contribution in [0.1, 0.15) is 104 Å². The highest BCUT2D eigenvalue weighted by molar-refractivity contribution is 7.92. The molecule has 294 valence electrons. The molecule has 0 spiro atoms. The van der Waals surface area contributed by atoms with Crippen molar-refractivity contribution in [2.75, 3.05) is 18.8 Å². The maximum atomic E-state index is 14.9. The number of fused-ring (bicyclic) bond motifs is 1. The van der Waals surface area contributed by atoms with Gasteiger partial charge in [0.15, 0.2) is 9.84 Å². The van der Waals surface area contributed by atoms with Crippen LogP contribution in [0, 0.1) is 17.8 Å². The van der Waals surface area contributed by atoms with Crippen molar-refractivity contribution in [1.29, 1.82) is 0 Å². The van der Waals surface area contributed by atoms with Crippen LogP contribution >= 0.6 is 0 Å². The Bertz CT molecular complexity index is 1600. The Morgan fingerprint density at radius 2 is 1.62 bits per heavy atom. The first-order valence-corrected chi connectivity index (χ1v) is 21.0. The number of likely N-dealkylation sites (tertiary alicyclic amines) is 1. The topological polar surface area (TPSA) is 171 Å². The molecule has 4 atom stereocenters.